The van der Waals surface area contributed by atoms with E-state index < -0.39 is 17.1 Å². The van der Waals surface area contributed by atoms with Crippen molar-refractivity contribution >= 4 is 11.2 Å². The van der Waals surface area contributed by atoms with Gasteiger partial charge in [0.25, 0.3) is 5.56 Å². The highest BCUT2D eigenvalue weighted by Gasteiger charge is 2.19. The Hall–Kier alpha value is -3.52. The molecule has 7 nitrogen and oxygen atoms in total. The van der Waals surface area contributed by atoms with Crippen molar-refractivity contribution in [2.75, 3.05) is 13.7 Å². The molecule has 0 fully saturated rings. The number of benzene rings is 2. The Labute approximate surface area is 171 Å². The lowest BCUT2D eigenvalue weighted by Crippen LogP contribution is -2.41. The second kappa shape index (κ2) is 8.08. The quantitative estimate of drug-likeness (QED) is 0.492. The maximum atomic E-state index is 13.4. The average Bonchev–Trinajstić information content (AvgIpc) is 3.13. The van der Waals surface area contributed by atoms with Gasteiger partial charge >= 0.3 is 5.69 Å². The summed E-state index contributed by atoms with van der Waals surface area (Å²) >= 11 is 0. The third-order valence-electron chi connectivity index (χ3n) is 4.94. The fourth-order valence-electron chi connectivity index (χ4n) is 3.51. The van der Waals surface area contributed by atoms with Crippen molar-refractivity contribution < 1.29 is 9.13 Å². The summed E-state index contributed by atoms with van der Waals surface area (Å²) in [5, 5.41) is 0. The lowest BCUT2D eigenvalue weighted by atomic mass is 10.1. The Balaban J connectivity index is 1.96. The van der Waals surface area contributed by atoms with Crippen molar-refractivity contribution in [3.05, 3.63) is 92.6 Å². The first kappa shape index (κ1) is 19.8. The van der Waals surface area contributed by atoms with E-state index in [9.17, 15) is 14.0 Å². The Morgan fingerprint density at radius 3 is 2.57 bits per heavy atom. The molecule has 2 aromatic heterocycles. The van der Waals surface area contributed by atoms with E-state index in [-0.39, 0.29) is 18.8 Å². The van der Waals surface area contributed by atoms with Crippen LogP contribution in [-0.2, 0) is 17.8 Å². The Kier molecular flexibility index (Phi) is 5.33. The van der Waals surface area contributed by atoms with Crippen molar-refractivity contribution in [2.45, 2.75) is 20.0 Å². The van der Waals surface area contributed by atoms with Crippen LogP contribution in [0.5, 0.6) is 0 Å². The predicted molar refractivity (Wildman–Crippen MR) is 112 cm³/mol. The number of nitrogens with zero attached hydrogens (tertiary/aromatic N) is 4. The fourth-order valence-corrected chi connectivity index (χ4v) is 3.51. The maximum Gasteiger partial charge on any atom is 0.337 e. The normalized spacial score (nSPS) is 11.3. The zero-order chi connectivity index (χ0) is 21.3. The first-order valence-electron chi connectivity index (χ1n) is 9.50. The Morgan fingerprint density at radius 2 is 1.87 bits per heavy atom. The van der Waals surface area contributed by atoms with Crippen molar-refractivity contribution in [1.82, 2.24) is 18.7 Å². The summed E-state index contributed by atoms with van der Waals surface area (Å²) in [4.78, 5) is 30.7. The fraction of sp³-hybridized carbons (Fsp3) is 0.227. The maximum absolute atomic E-state index is 13.4. The number of fused-ring (bicyclic) bond motifs is 1. The molecule has 0 aliphatic heterocycles. The highest BCUT2D eigenvalue weighted by atomic mass is 19.1. The van der Waals surface area contributed by atoms with Gasteiger partial charge in [-0.05, 0) is 36.8 Å². The van der Waals surface area contributed by atoms with Gasteiger partial charge in [-0.25, -0.2) is 18.7 Å². The topological polar surface area (TPSA) is 71.1 Å². The summed E-state index contributed by atoms with van der Waals surface area (Å²) in [6.45, 7) is 2.73. The van der Waals surface area contributed by atoms with Gasteiger partial charge in [-0.15, -0.1) is 0 Å². The molecule has 0 unspecified atom stereocenters. The van der Waals surface area contributed by atoms with E-state index in [1.807, 2.05) is 31.2 Å². The van der Waals surface area contributed by atoms with E-state index in [4.69, 9.17) is 4.74 Å². The average molecular weight is 408 g/mol. The second-order valence-electron chi connectivity index (χ2n) is 7.08. The number of hydrogen-bond donors (Lipinski definition) is 0. The minimum Gasteiger partial charge on any atom is -0.383 e. The molecule has 30 heavy (non-hydrogen) atoms. The van der Waals surface area contributed by atoms with Gasteiger partial charge in [-0.1, -0.05) is 29.8 Å². The van der Waals surface area contributed by atoms with Gasteiger partial charge < -0.3 is 9.30 Å². The number of halogens is 1. The van der Waals surface area contributed by atoms with E-state index in [2.05, 4.69) is 4.98 Å². The Bertz CT molecular complexity index is 1320. The zero-order valence-corrected chi connectivity index (χ0v) is 16.7. The smallest absolute Gasteiger partial charge is 0.337 e. The molecular formula is C22H21FN4O3. The van der Waals surface area contributed by atoms with Gasteiger partial charge in [0.05, 0.1) is 25.2 Å². The van der Waals surface area contributed by atoms with Crippen LogP contribution in [0.25, 0.3) is 16.9 Å². The molecule has 8 heteroatoms. The zero-order valence-electron chi connectivity index (χ0n) is 16.7. The minimum absolute atomic E-state index is 0.0981. The number of hydrogen-bond acceptors (Lipinski definition) is 4. The van der Waals surface area contributed by atoms with E-state index in [0.29, 0.717) is 17.7 Å². The summed E-state index contributed by atoms with van der Waals surface area (Å²) in [7, 11) is 1.50. The van der Waals surface area contributed by atoms with Crippen molar-refractivity contribution in [3.8, 4) is 5.69 Å². The molecule has 0 radical (unpaired) electrons. The largest absolute Gasteiger partial charge is 0.383 e. The molecular weight excluding hydrogens is 387 g/mol. The minimum atomic E-state index is -0.544. The standard InChI is InChI=1S/C22H21FN4O3/c1-15-4-3-5-16(12-15)13-25-14-24-20-19(25)21(28)26(10-11-30-2)22(29)27(20)18-8-6-17(23)7-9-18/h3-9,12,14H,10-11,13H2,1-2H3. The van der Waals surface area contributed by atoms with Crippen LogP contribution in [0.2, 0.25) is 0 Å². The summed E-state index contributed by atoms with van der Waals surface area (Å²) in [5.41, 5.74) is 2.11. The lowest BCUT2D eigenvalue weighted by molar-refractivity contribution is 0.184. The van der Waals surface area contributed by atoms with E-state index in [1.54, 1.807) is 10.9 Å². The van der Waals surface area contributed by atoms with Crippen molar-refractivity contribution in [1.29, 1.82) is 0 Å². The van der Waals surface area contributed by atoms with Crippen LogP contribution >= 0.6 is 0 Å². The third-order valence-corrected chi connectivity index (χ3v) is 4.94. The third kappa shape index (κ3) is 3.57. The molecule has 0 N–H and O–H groups in total. The van der Waals surface area contributed by atoms with Crippen LogP contribution in [-0.4, -0.2) is 32.4 Å². The van der Waals surface area contributed by atoms with Gasteiger partial charge in [-0.2, -0.15) is 0 Å². The van der Waals surface area contributed by atoms with E-state index in [1.165, 1.54) is 35.9 Å². The molecule has 0 aliphatic carbocycles. The molecule has 2 heterocycles. The lowest BCUT2D eigenvalue weighted by Gasteiger charge is -2.13. The highest BCUT2D eigenvalue weighted by Crippen LogP contribution is 2.15. The second-order valence-corrected chi connectivity index (χ2v) is 7.08. The van der Waals surface area contributed by atoms with E-state index in [0.717, 1.165) is 15.7 Å². The van der Waals surface area contributed by atoms with Crippen LogP contribution in [0.15, 0.2) is 64.4 Å². The van der Waals surface area contributed by atoms with Gasteiger partial charge in [0, 0.05) is 13.7 Å². The van der Waals surface area contributed by atoms with Gasteiger partial charge in [0.2, 0.25) is 0 Å². The summed E-state index contributed by atoms with van der Waals surface area (Å²) < 4.78 is 22.7. The number of methoxy groups -OCH3 is 1. The van der Waals surface area contributed by atoms with E-state index >= 15 is 0 Å². The van der Waals surface area contributed by atoms with Crippen LogP contribution < -0.4 is 11.2 Å². The number of ether oxygens (including phenoxy) is 1. The first-order chi connectivity index (χ1) is 14.5. The molecule has 4 aromatic rings. The first-order valence-corrected chi connectivity index (χ1v) is 9.50. The van der Waals surface area contributed by atoms with Gasteiger partial charge in [0.15, 0.2) is 11.2 Å². The molecule has 154 valence electrons. The molecule has 2 aromatic carbocycles. The van der Waals surface area contributed by atoms with Gasteiger partial charge in [0.1, 0.15) is 5.82 Å². The van der Waals surface area contributed by atoms with Gasteiger partial charge in [-0.3, -0.25) is 9.36 Å². The number of rotatable bonds is 6. The predicted octanol–water partition coefficient (Wildman–Crippen LogP) is 2.49. The summed E-state index contributed by atoms with van der Waals surface area (Å²) in [6, 6.07) is 13.5. The van der Waals surface area contributed by atoms with Crippen LogP contribution in [0.3, 0.4) is 0 Å². The number of aryl methyl sites for hydroxylation is 1. The number of aromatic nitrogens is 4. The molecule has 0 aliphatic rings. The van der Waals surface area contributed by atoms with Crippen LogP contribution in [0.4, 0.5) is 4.39 Å². The number of imidazole rings is 1. The van der Waals surface area contributed by atoms with Crippen molar-refractivity contribution in [2.24, 2.45) is 0 Å². The Morgan fingerprint density at radius 1 is 1.10 bits per heavy atom. The molecule has 0 spiro atoms. The molecule has 0 saturated carbocycles. The van der Waals surface area contributed by atoms with Crippen molar-refractivity contribution in [3.63, 3.8) is 0 Å². The molecule has 0 atom stereocenters. The van der Waals surface area contributed by atoms with Crippen LogP contribution in [0.1, 0.15) is 11.1 Å². The summed E-state index contributed by atoms with van der Waals surface area (Å²) in [5.74, 6) is -0.416. The monoisotopic (exact) mass is 408 g/mol. The molecule has 0 bridgehead atoms. The molecule has 4 rings (SSSR count). The molecule has 0 saturated heterocycles. The molecule has 0 amide bonds. The highest BCUT2D eigenvalue weighted by molar-refractivity contribution is 5.72. The SMILES string of the molecule is COCCn1c(=O)c2c(ncn2Cc2cccc(C)c2)n(-c2ccc(F)cc2)c1=O. The van der Waals surface area contributed by atoms with Crippen LogP contribution in [0, 0.1) is 12.7 Å². The summed E-state index contributed by atoms with van der Waals surface area (Å²) in [6.07, 6.45) is 1.55.